The van der Waals surface area contributed by atoms with Gasteiger partial charge in [-0.25, -0.2) is 4.79 Å². The molecule has 0 aliphatic rings. The zero-order chi connectivity index (χ0) is 11.4. The second kappa shape index (κ2) is 6.07. The predicted octanol–water partition coefficient (Wildman–Crippen LogP) is 1.79. The molecule has 0 aliphatic carbocycles. The molecule has 1 aromatic rings. The number of carboxylic acid groups (broad SMARTS) is 1. The topological polar surface area (TPSA) is 80.4 Å². The van der Waals surface area contributed by atoms with Crippen molar-refractivity contribution in [2.24, 2.45) is 5.73 Å². The first-order valence-corrected chi connectivity index (χ1v) is 4.33. The molecule has 16 heavy (non-hydrogen) atoms. The Kier molecular flexibility index (Phi) is 5.46. The van der Waals surface area contributed by atoms with Crippen molar-refractivity contribution in [3.8, 4) is 0 Å². The average Bonchev–Trinajstić information content (AvgIpc) is 2.17. The molecule has 0 unspecified atom stereocenters. The van der Waals surface area contributed by atoms with Crippen LogP contribution in [0.15, 0.2) is 30.9 Å². The SMILES string of the molecule is Br.C=CCc1cccc(C(N)=O)c1C(=O)O. The van der Waals surface area contributed by atoms with Crippen molar-refractivity contribution in [1.29, 1.82) is 0 Å². The molecule has 0 aliphatic heterocycles. The van der Waals surface area contributed by atoms with Gasteiger partial charge in [-0.2, -0.15) is 0 Å². The smallest absolute Gasteiger partial charge is 0.336 e. The van der Waals surface area contributed by atoms with Gasteiger partial charge in [-0.15, -0.1) is 23.6 Å². The molecule has 0 atom stereocenters. The highest BCUT2D eigenvalue weighted by atomic mass is 79.9. The monoisotopic (exact) mass is 285 g/mol. The molecule has 0 spiro atoms. The highest BCUT2D eigenvalue weighted by Crippen LogP contribution is 2.15. The molecule has 0 saturated carbocycles. The fourth-order valence-electron chi connectivity index (χ4n) is 1.38. The van der Waals surface area contributed by atoms with Gasteiger partial charge in [0.1, 0.15) is 0 Å². The van der Waals surface area contributed by atoms with Crippen LogP contribution in [0.5, 0.6) is 0 Å². The third kappa shape index (κ3) is 2.93. The number of nitrogens with two attached hydrogens (primary N) is 1. The minimum atomic E-state index is -1.15. The molecule has 4 nitrogen and oxygen atoms in total. The normalized spacial score (nSPS) is 9.00. The molecule has 0 heterocycles. The third-order valence-electron chi connectivity index (χ3n) is 1.99. The largest absolute Gasteiger partial charge is 0.478 e. The number of hydrogen-bond donors (Lipinski definition) is 2. The van der Waals surface area contributed by atoms with Gasteiger partial charge in [-0.05, 0) is 18.1 Å². The number of carbonyl (C=O) groups is 2. The fourth-order valence-corrected chi connectivity index (χ4v) is 1.38. The summed E-state index contributed by atoms with van der Waals surface area (Å²) in [6.07, 6.45) is 1.97. The molecular weight excluding hydrogens is 274 g/mol. The summed E-state index contributed by atoms with van der Waals surface area (Å²) < 4.78 is 0. The van der Waals surface area contributed by atoms with E-state index in [4.69, 9.17) is 10.8 Å². The van der Waals surface area contributed by atoms with Gasteiger partial charge in [0.15, 0.2) is 0 Å². The lowest BCUT2D eigenvalue weighted by atomic mass is 9.98. The first kappa shape index (κ1) is 14.4. The van der Waals surface area contributed by atoms with Gasteiger partial charge in [-0.3, -0.25) is 4.79 Å². The number of allylic oxidation sites excluding steroid dienone is 1. The van der Waals surface area contributed by atoms with E-state index in [9.17, 15) is 9.59 Å². The summed E-state index contributed by atoms with van der Waals surface area (Å²) in [5, 5.41) is 8.98. The fraction of sp³-hybridized carbons (Fsp3) is 0.0909. The second-order valence-electron chi connectivity index (χ2n) is 3.00. The van der Waals surface area contributed by atoms with Crippen LogP contribution in [0.2, 0.25) is 0 Å². The Morgan fingerprint density at radius 3 is 2.50 bits per heavy atom. The minimum Gasteiger partial charge on any atom is -0.478 e. The van der Waals surface area contributed by atoms with Gasteiger partial charge in [0.2, 0.25) is 5.91 Å². The number of benzene rings is 1. The lowest BCUT2D eigenvalue weighted by Crippen LogP contribution is -2.17. The van der Waals surface area contributed by atoms with Gasteiger partial charge >= 0.3 is 5.97 Å². The zero-order valence-electron chi connectivity index (χ0n) is 8.47. The van der Waals surface area contributed by atoms with E-state index in [2.05, 4.69) is 6.58 Å². The van der Waals surface area contributed by atoms with Gasteiger partial charge in [0.05, 0.1) is 11.1 Å². The Morgan fingerprint density at radius 2 is 2.06 bits per heavy atom. The molecule has 0 saturated heterocycles. The maximum absolute atomic E-state index is 11.0. The standard InChI is InChI=1S/C11H11NO3.BrH/c1-2-4-7-5-3-6-8(10(12)13)9(7)11(14)15;/h2-3,5-6H,1,4H2,(H2,12,13)(H,14,15);1H. The Hall–Kier alpha value is -1.62. The van der Waals surface area contributed by atoms with Crippen LogP contribution in [0.3, 0.4) is 0 Å². The summed E-state index contributed by atoms with van der Waals surface area (Å²) in [4.78, 5) is 22.0. The number of carboxylic acids is 1. The molecule has 3 N–H and O–H groups in total. The Balaban J connectivity index is 0.00000225. The van der Waals surface area contributed by atoms with Crippen molar-refractivity contribution < 1.29 is 14.7 Å². The molecule has 5 heteroatoms. The van der Waals surface area contributed by atoms with Gasteiger partial charge < -0.3 is 10.8 Å². The Bertz CT molecular complexity index is 429. The molecule has 0 fully saturated rings. The van der Waals surface area contributed by atoms with Crippen LogP contribution in [0.4, 0.5) is 0 Å². The van der Waals surface area contributed by atoms with Crippen molar-refractivity contribution in [3.63, 3.8) is 0 Å². The molecule has 0 bridgehead atoms. The number of primary amides is 1. The molecule has 1 aromatic carbocycles. The van der Waals surface area contributed by atoms with Crippen molar-refractivity contribution in [1.82, 2.24) is 0 Å². The van der Waals surface area contributed by atoms with Crippen molar-refractivity contribution >= 4 is 28.9 Å². The summed E-state index contributed by atoms with van der Waals surface area (Å²) in [6, 6.07) is 4.64. The van der Waals surface area contributed by atoms with Crippen molar-refractivity contribution in [2.75, 3.05) is 0 Å². The first-order valence-electron chi connectivity index (χ1n) is 4.33. The summed E-state index contributed by atoms with van der Waals surface area (Å²) in [6.45, 7) is 3.52. The third-order valence-corrected chi connectivity index (χ3v) is 1.99. The summed E-state index contributed by atoms with van der Waals surface area (Å²) >= 11 is 0. The minimum absolute atomic E-state index is 0. The summed E-state index contributed by atoms with van der Waals surface area (Å²) in [5.41, 5.74) is 5.62. The maximum Gasteiger partial charge on any atom is 0.336 e. The van der Waals surface area contributed by atoms with E-state index in [1.807, 2.05) is 0 Å². The van der Waals surface area contributed by atoms with Crippen LogP contribution in [-0.2, 0) is 6.42 Å². The number of hydrogen-bond acceptors (Lipinski definition) is 2. The molecule has 1 amide bonds. The molecule has 0 radical (unpaired) electrons. The highest BCUT2D eigenvalue weighted by molar-refractivity contribution is 8.93. The van der Waals surface area contributed by atoms with Crippen LogP contribution in [0.1, 0.15) is 26.3 Å². The second-order valence-corrected chi connectivity index (χ2v) is 3.00. The Morgan fingerprint density at radius 1 is 1.44 bits per heavy atom. The molecule has 86 valence electrons. The average molecular weight is 286 g/mol. The number of rotatable bonds is 4. The quantitative estimate of drug-likeness (QED) is 0.828. The van der Waals surface area contributed by atoms with Crippen molar-refractivity contribution in [3.05, 3.63) is 47.5 Å². The zero-order valence-corrected chi connectivity index (χ0v) is 10.2. The number of aromatic carboxylic acids is 1. The van der Waals surface area contributed by atoms with E-state index in [0.29, 0.717) is 12.0 Å². The van der Waals surface area contributed by atoms with E-state index in [0.717, 1.165) is 0 Å². The summed E-state index contributed by atoms with van der Waals surface area (Å²) in [7, 11) is 0. The molecule has 1 rings (SSSR count). The van der Waals surface area contributed by atoms with Crippen LogP contribution in [0, 0.1) is 0 Å². The van der Waals surface area contributed by atoms with E-state index < -0.39 is 11.9 Å². The van der Waals surface area contributed by atoms with E-state index in [1.165, 1.54) is 6.07 Å². The summed E-state index contributed by atoms with van der Waals surface area (Å²) in [5.74, 6) is -1.89. The van der Waals surface area contributed by atoms with E-state index in [-0.39, 0.29) is 28.1 Å². The van der Waals surface area contributed by atoms with Crippen LogP contribution < -0.4 is 5.73 Å². The van der Waals surface area contributed by atoms with Crippen LogP contribution in [-0.4, -0.2) is 17.0 Å². The molecular formula is C11H12BrNO3. The number of halogens is 1. The lowest BCUT2D eigenvalue weighted by molar-refractivity contribution is 0.0691. The predicted molar refractivity (Wildman–Crippen MR) is 66.1 cm³/mol. The van der Waals surface area contributed by atoms with E-state index >= 15 is 0 Å². The maximum atomic E-state index is 11.0. The van der Waals surface area contributed by atoms with Gasteiger partial charge in [-0.1, -0.05) is 18.2 Å². The highest BCUT2D eigenvalue weighted by Gasteiger charge is 2.17. The van der Waals surface area contributed by atoms with Gasteiger partial charge in [0.25, 0.3) is 0 Å². The van der Waals surface area contributed by atoms with Crippen LogP contribution >= 0.6 is 17.0 Å². The van der Waals surface area contributed by atoms with Gasteiger partial charge in [0, 0.05) is 0 Å². The van der Waals surface area contributed by atoms with Crippen molar-refractivity contribution in [2.45, 2.75) is 6.42 Å². The Labute approximate surface area is 104 Å². The van der Waals surface area contributed by atoms with Crippen LogP contribution in [0.25, 0.3) is 0 Å². The van der Waals surface area contributed by atoms with E-state index in [1.54, 1.807) is 18.2 Å². The lowest BCUT2D eigenvalue weighted by Gasteiger charge is -2.07. The molecule has 0 aromatic heterocycles. The number of carbonyl (C=O) groups excluding carboxylic acids is 1. The first-order chi connectivity index (χ1) is 7.07. The number of amides is 1.